The van der Waals surface area contributed by atoms with E-state index in [2.05, 4.69) is 41.8 Å². The fourth-order valence-corrected chi connectivity index (χ4v) is 5.74. The fraction of sp³-hybridized carbons (Fsp3) is 0.464. The molecule has 7 heteroatoms. The van der Waals surface area contributed by atoms with E-state index in [0.717, 1.165) is 24.0 Å². The van der Waals surface area contributed by atoms with Gasteiger partial charge in [0.05, 0.1) is 0 Å². The summed E-state index contributed by atoms with van der Waals surface area (Å²) in [6.07, 6.45) is 3.00. The molecule has 3 N–H and O–H groups in total. The number of amides is 2. The number of alkyl carbamates (subject to hydrolysis) is 1. The molecule has 0 heterocycles. The standard InChI is InChI=1S/C28H32N2O5/c1-17-10-12-28(13-11-17,26(32)33)30-25(31)18-14-19(15-18)29-27(34)35-16-24-22-8-4-2-6-20(22)21-7-3-5-9-23(21)24/h2-9,17-19,24H,10-16H2,1H3,(H,29,34)(H,30,31)(H,32,33). The molecule has 0 atom stereocenters. The van der Waals surface area contributed by atoms with Crippen molar-refractivity contribution < 1.29 is 24.2 Å². The van der Waals surface area contributed by atoms with Crippen LogP contribution in [0.1, 0.15) is 62.5 Å². The van der Waals surface area contributed by atoms with Gasteiger partial charge < -0.3 is 20.5 Å². The van der Waals surface area contributed by atoms with Crippen LogP contribution in [0.15, 0.2) is 48.5 Å². The molecule has 184 valence electrons. The first-order valence-corrected chi connectivity index (χ1v) is 12.5. The SMILES string of the molecule is CC1CCC(NC(=O)C2CC(NC(=O)OCC3c4ccccc4-c4ccccc43)C2)(C(=O)O)CC1. The second kappa shape index (κ2) is 9.36. The molecule has 2 fully saturated rings. The number of carbonyl (C=O) groups excluding carboxylic acids is 2. The molecule has 0 saturated heterocycles. The van der Waals surface area contributed by atoms with Gasteiger partial charge in [0.2, 0.25) is 5.91 Å². The van der Waals surface area contributed by atoms with Gasteiger partial charge in [-0.05, 0) is 66.7 Å². The number of carboxylic acids is 1. The van der Waals surface area contributed by atoms with E-state index in [1.54, 1.807) is 0 Å². The Balaban J connectivity index is 1.11. The van der Waals surface area contributed by atoms with Gasteiger partial charge >= 0.3 is 12.1 Å². The summed E-state index contributed by atoms with van der Waals surface area (Å²) < 4.78 is 5.59. The molecule has 2 aromatic carbocycles. The Morgan fingerprint density at radius 1 is 0.971 bits per heavy atom. The highest BCUT2D eigenvalue weighted by atomic mass is 16.5. The number of rotatable bonds is 6. The van der Waals surface area contributed by atoms with Gasteiger partial charge in [-0.15, -0.1) is 0 Å². The Hall–Kier alpha value is -3.35. The third kappa shape index (κ3) is 4.51. The number of fused-ring (bicyclic) bond motifs is 3. The predicted molar refractivity (Wildman–Crippen MR) is 131 cm³/mol. The van der Waals surface area contributed by atoms with E-state index >= 15 is 0 Å². The summed E-state index contributed by atoms with van der Waals surface area (Å²) in [5.41, 5.74) is 3.51. The molecule has 35 heavy (non-hydrogen) atoms. The van der Waals surface area contributed by atoms with E-state index < -0.39 is 17.6 Å². The first-order chi connectivity index (χ1) is 16.9. The van der Waals surface area contributed by atoms with Crippen LogP contribution in [0.3, 0.4) is 0 Å². The summed E-state index contributed by atoms with van der Waals surface area (Å²) in [7, 11) is 0. The first-order valence-electron chi connectivity index (χ1n) is 12.5. The lowest BCUT2D eigenvalue weighted by atomic mass is 9.75. The Kier molecular flexibility index (Phi) is 6.26. The molecule has 7 nitrogen and oxygen atoms in total. The lowest BCUT2D eigenvalue weighted by Gasteiger charge is -2.40. The van der Waals surface area contributed by atoms with E-state index in [-0.39, 0.29) is 30.4 Å². The first kappa shape index (κ1) is 23.4. The number of nitrogens with one attached hydrogen (secondary N) is 2. The molecule has 0 bridgehead atoms. The second-order valence-corrected chi connectivity index (χ2v) is 10.4. The van der Waals surface area contributed by atoms with Gasteiger partial charge in [-0.25, -0.2) is 9.59 Å². The molecule has 0 radical (unpaired) electrons. The Morgan fingerprint density at radius 3 is 2.11 bits per heavy atom. The minimum absolute atomic E-state index is 0.00140. The summed E-state index contributed by atoms with van der Waals surface area (Å²) in [5, 5.41) is 15.4. The third-order valence-corrected chi connectivity index (χ3v) is 8.07. The largest absolute Gasteiger partial charge is 0.480 e. The van der Waals surface area contributed by atoms with Crippen molar-refractivity contribution in [1.82, 2.24) is 10.6 Å². The van der Waals surface area contributed by atoms with Crippen LogP contribution in [0.4, 0.5) is 4.79 Å². The van der Waals surface area contributed by atoms with Gasteiger partial charge in [0.15, 0.2) is 0 Å². The van der Waals surface area contributed by atoms with Crippen molar-refractivity contribution in [1.29, 1.82) is 0 Å². The summed E-state index contributed by atoms with van der Waals surface area (Å²) in [6, 6.07) is 16.2. The molecule has 0 unspecified atom stereocenters. The molecular formula is C28H32N2O5. The number of carboxylic acid groups (broad SMARTS) is 1. The molecule has 2 amide bonds. The highest BCUT2D eigenvalue weighted by molar-refractivity contribution is 5.89. The highest BCUT2D eigenvalue weighted by Gasteiger charge is 2.45. The maximum atomic E-state index is 12.7. The Labute approximate surface area is 205 Å². The van der Waals surface area contributed by atoms with Crippen LogP contribution in [0.2, 0.25) is 0 Å². The Bertz CT molecular complexity index is 1090. The van der Waals surface area contributed by atoms with E-state index in [4.69, 9.17) is 4.74 Å². The van der Waals surface area contributed by atoms with E-state index in [1.807, 2.05) is 24.3 Å². The van der Waals surface area contributed by atoms with Crippen molar-refractivity contribution in [3.8, 4) is 11.1 Å². The van der Waals surface area contributed by atoms with Crippen LogP contribution in [0.25, 0.3) is 11.1 Å². The average molecular weight is 477 g/mol. The van der Waals surface area contributed by atoms with E-state index in [9.17, 15) is 19.5 Å². The van der Waals surface area contributed by atoms with Crippen molar-refractivity contribution in [3.05, 3.63) is 59.7 Å². The van der Waals surface area contributed by atoms with Gasteiger partial charge in [0.1, 0.15) is 12.1 Å². The molecular weight excluding hydrogens is 444 g/mol. The monoisotopic (exact) mass is 476 g/mol. The number of hydrogen-bond donors (Lipinski definition) is 3. The third-order valence-electron chi connectivity index (χ3n) is 8.07. The summed E-state index contributed by atoms with van der Waals surface area (Å²) in [4.78, 5) is 37.1. The number of ether oxygens (including phenoxy) is 1. The van der Waals surface area contributed by atoms with Gasteiger partial charge in [-0.3, -0.25) is 4.79 Å². The van der Waals surface area contributed by atoms with Crippen LogP contribution in [-0.2, 0) is 14.3 Å². The molecule has 2 saturated carbocycles. The number of aliphatic carboxylic acids is 1. The summed E-state index contributed by atoms with van der Waals surface area (Å²) in [6.45, 7) is 2.36. The van der Waals surface area contributed by atoms with Crippen LogP contribution in [0, 0.1) is 11.8 Å². The van der Waals surface area contributed by atoms with Crippen LogP contribution in [-0.4, -0.2) is 41.3 Å². The fourth-order valence-electron chi connectivity index (χ4n) is 5.74. The lowest BCUT2D eigenvalue weighted by molar-refractivity contribution is -0.151. The van der Waals surface area contributed by atoms with Gasteiger partial charge in [-0.1, -0.05) is 55.5 Å². The van der Waals surface area contributed by atoms with Crippen molar-refractivity contribution in [2.45, 2.75) is 62.9 Å². The highest BCUT2D eigenvalue weighted by Crippen LogP contribution is 2.44. The van der Waals surface area contributed by atoms with Gasteiger partial charge in [0.25, 0.3) is 0 Å². The van der Waals surface area contributed by atoms with Crippen LogP contribution >= 0.6 is 0 Å². The van der Waals surface area contributed by atoms with Crippen LogP contribution < -0.4 is 10.6 Å². The molecule has 0 spiro atoms. The minimum atomic E-state index is -1.16. The van der Waals surface area contributed by atoms with Crippen molar-refractivity contribution in [3.63, 3.8) is 0 Å². The molecule has 0 aromatic heterocycles. The maximum Gasteiger partial charge on any atom is 0.407 e. The number of carbonyl (C=O) groups is 3. The smallest absolute Gasteiger partial charge is 0.407 e. The predicted octanol–water partition coefficient (Wildman–Crippen LogP) is 4.45. The normalized spacial score (nSPS) is 27.2. The van der Waals surface area contributed by atoms with E-state index in [1.165, 1.54) is 11.1 Å². The van der Waals surface area contributed by atoms with Gasteiger partial charge in [0, 0.05) is 17.9 Å². The molecule has 3 aliphatic carbocycles. The molecule has 2 aromatic rings. The van der Waals surface area contributed by atoms with Crippen molar-refractivity contribution in [2.24, 2.45) is 11.8 Å². The summed E-state index contributed by atoms with van der Waals surface area (Å²) in [5.74, 6) is -0.991. The molecule has 5 rings (SSSR count). The summed E-state index contributed by atoms with van der Waals surface area (Å²) >= 11 is 0. The Morgan fingerprint density at radius 2 is 1.54 bits per heavy atom. The number of benzene rings is 2. The quantitative estimate of drug-likeness (QED) is 0.571. The second-order valence-electron chi connectivity index (χ2n) is 10.4. The molecule has 3 aliphatic rings. The molecule has 0 aliphatic heterocycles. The maximum absolute atomic E-state index is 12.7. The van der Waals surface area contributed by atoms with E-state index in [0.29, 0.717) is 31.6 Å². The minimum Gasteiger partial charge on any atom is -0.480 e. The van der Waals surface area contributed by atoms with Gasteiger partial charge in [-0.2, -0.15) is 0 Å². The lowest BCUT2D eigenvalue weighted by Crippen LogP contribution is -2.59. The van der Waals surface area contributed by atoms with Crippen molar-refractivity contribution in [2.75, 3.05) is 6.61 Å². The average Bonchev–Trinajstić information content (AvgIpc) is 3.15. The zero-order chi connectivity index (χ0) is 24.6. The topological polar surface area (TPSA) is 105 Å². The van der Waals surface area contributed by atoms with Crippen molar-refractivity contribution >= 4 is 18.0 Å². The zero-order valence-corrected chi connectivity index (χ0v) is 20.0. The number of hydrogen-bond acceptors (Lipinski definition) is 4. The zero-order valence-electron chi connectivity index (χ0n) is 20.0. The van der Waals surface area contributed by atoms with Crippen LogP contribution in [0.5, 0.6) is 0 Å².